The van der Waals surface area contributed by atoms with Crippen molar-refractivity contribution in [2.24, 2.45) is 0 Å². The van der Waals surface area contributed by atoms with Crippen LogP contribution in [-0.2, 0) is 4.74 Å². The Morgan fingerprint density at radius 3 is 2.65 bits per heavy atom. The maximum Gasteiger partial charge on any atom is 0.179 e. The maximum absolute atomic E-state index is 6.56. The molecule has 1 unspecified atom stereocenters. The lowest BCUT2D eigenvalue weighted by molar-refractivity contribution is -0.0432. The van der Waals surface area contributed by atoms with E-state index in [-0.39, 0.29) is 12.2 Å². The molecule has 2 atom stereocenters. The highest BCUT2D eigenvalue weighted by Gasteiger charge is 2.28. The number of nitrogens with one attached hydrogen (secondary N) is 1. The molecule has 2 aromatic carbocycles. The summed E-state index contributed by atoms with van der Waals surface area (Å²) in [6.07, 6.45) is -0.297. The van der Waals surface area contributed by atoms with Crippen molar-refractivity contribution >= 4 is 16.7 Å². The molecule has 8 heteroatoms. The standard InChI is InChI=1S/C26H30N6O2/c1-17-23-18(2)32(30-24(23)26(29-28-17)31(3)4)20-11-8-12-21(15-20)34-25(19-9-6-5-7-10-19)22-16-27-13-14-33-22/h5-12,15,22,25,27H,13-14,16H2,1-4H3/t22?,25-/m1/s1. The minimum absolute atomic E-state index is 0.0729. The minimum atomic E-state index is -0.224. The van der Waals surface area contributed by atoms with E-state index < -0.39 is 0 Å². The quantitative estimate of drug-likeness (QED) is 0.473. The van der Waals surface area contributed by atoms with E-state index in [1.165, 1.54) is 0 Å². The summed E-state index contributed by atoms with van der Waals surface area (Å²) < 4.78 is 14.6. The number of hydrogen-bond donors (Lipinski definition) is 1. The van der Waals surface area contributed by atoms with E-state index in [2.05, 4.69) is 34.6 Å². The van der Waals surface area contributed by atoms with Gasteiger partial charge in [0.05, 0.1) is 29.1 Å². The smallest absolute Gasteiger partial charge is 0.179 e. The zero-order valence-corrected chi connectivity index (χ0v) is 20.0. The molecule has 2 aromatic heterocycles. The summed E-state index contributed by atoms with van der Waals surface area (Å²) in [5, 5.41) is 18.1. The van der Waals surface area contributed by atoms with E-state index >= 15 is 0 Å². The van der Waals surface area contributed by atoms with Gasteiger partial charge in [0, 0.05) is 33.3 Å². The Labute approximate surface area is 199 Å². The first-order valence-electron chi connectivity index (χ1n) is 11.6. The number of hydrogen-bond acceptors (Lipinski definition) is 7. The van der Waals surface area contributed by atoms with E-state index in [1.54, 1.807) is 0 Å². The molecule has 0 spiro atoms. The number of ether oxygens (including phenoxy) is 2. The number of aromatic nitrogens is 4. The molecule has 34 heavy (non-hydrogen) atoms. The predicted octanol–water partition coefficient (Wildman–Crippen LogP) is 3.61. The SMILES string of the molecule is Cc1nnc(N(C)C)c2nn(-c3cccc(O[C@H](c4ccccc4)C4CNCCO4)c3)c(C)c12. The number of morpholine rings is 1. The summed E-state index contributed by atoms with van der Waals surface area (Å²) in [5.41, 5.74) is 4.73. The Hall–Kier alpha value is -3.49. The average Bonchev–Trinajstić information content (AvgIpc) is 3.21. The van der Waals surface area contributed by atoms with Crippen molar-refractivity contribution in [3.05, 3.63) is 71.5 Å². The Balaban J connectivity index is 1.52. The van der Waals surface area contributed by atoms with E-state index in [1.807, 2.05) is 73.1 Å². The molecule has 8 nitrogen and oxygen atoms in total. The normalized spacial score (nSPS) is 17.0. The molecular formula is C26H30N6O2. The highest BCUT2D eigenvalue weighted by atomic mass is 16.5. The van der Waals surface area contributed by atoms with Crippen LogP contribution in [0.3, 0.4) is 0 Å². The van der Waals surface area contributed by atoms with Gasteiger partial charge in [-0.3, -0.25) is 0 Å². The molecule has 1 saturated heterocycles. The van der Waals surface area contributed by atoms with Crippen molar-refractivity contribution in [1.29, 1.82) is 0 Å². The number of fused-ring (bicyclic) bond motifs is 1. The fourth-order valence-electron chi connectivity index (χ4n) is 4.48. The number of aryl methyl sites for hydroxylation is 2. The van der Waals surface area contributed by atoms with Crippen molar-refractivity contribution in [3.8, 4) is 11.4 Å². The lowest BCUT2D eigenvalue weighted by Crippen LogP contribution is -2.43. The highest BCUT2D eigenvalue weighted by Crippen LogP contribution is 2.31. The van der Waals surface area contributed by atoms with Crippen LogP contribution in [0.4, 0.5) is 5.82 Å². The van der Waals surface area contributed by atoms with Crippen molar-refractivity contribution in [2.45, 2.75) is 26.1 Å². The van der Waals surface area contributed by atoms with Gasteiger partial charge in [0.15, 0.2) is 11.9 Å². The van der Waals surface area contributed by atoms with Gasteiger partial charge in [-0.2, -0.15) is 10.2 Å². The van der Waals surface area contributed by atoms with Crippen molar-refractivity contribution < 1.29 is 9.47 Å². The molecule has 4 aromatic rings. The van der Waals surface area contributed by atoms with Gasteiger partial charge < -0.3 is 19.7 Å². The van der Waals surface area contributed by atoms with E-state index in [0.29, 0.717) is 6.61 Å². The van der Waals surface area contributed by atoms with Crippen molar-refractivity contribution in [3.63, 3.8) is 0 Å². The Bertz CT molecular complexity index is 1280. The van der Waals surface area contributed by atoms with Gasteiger partial charge in [0.1, 0.15) is 17.4 Å². The van der Waals surface area contributed by atoms with Crippen LogP contribution in [0.25, 0.3) is 16.6 Å². The van der Waals surface area contributed by atoms with Crippen LogP contribution in [-0.4, -0.2) is 59.9 Å². The highest BCUT2D eigenvalue weighted by molar-refractivity contribution is 5.92. The fraction of sp³-hybridized carbons (Fsp3) is 0.346. The number of rotatable bonds is 6. The number of anilines is 1. The van der Waals surface area contributed by atoms with Crippen LogP contribution >= 0.6 is 0 Å². The predicted molar refractivity (Wildman–Crippen MR) is 133 cm³/mol. The van der Waals surface area contributed by atoms with Crippen LogP contribution in [0.1, 0.15) is 23.1 Å². The van der Waals surface area contributed by atoms with Gasteiger partial charge >= 0.3 is 0 Å². The van der Waals surface area contributed by atoms with Gasteiger partial charge in [-0.25, -0.2) is 4.68 Å². The summed E-state index contributed by atoms with van der Waals surface area (Å²) in [7, 11) is 3.90. The minimum Gasteiger partial charge on any atom is -0.483 e. The maximum atomic E-state index is 6.56. The molecule has 0 saturated carbocycles. The first-order chi connectivity index (χ1) is 16.5. The molecule has 1 aliphatic rings. The van der Waals surface area contributed by atoms with Gasteiger partial charge in [0.2, 0.25) is 0 Å². The molecule has 0 aliphatic carbocycles. The third-order valence-corrected chi connectivity index (χ3v) is 6.16. The van der Waals surface area contributed by atoms with Gasteiger partial charge in [-0.15, -0.1) is 5.10 Å². The fourth-order valence-corrected chi connectivity index (χ4v) is 4.48. The second kappa shape index (κ2) is 9.40. The molecule has 0 bridgehead atoms. The lowest BCUT2D eigenvalue weighted by Gasteiger charge is -2.31. The molecule has 3 heterocycles. The van der Waals surface area contributed by atoms with E-state index in [4.69, 9.17) is 14.6 Å². The molecule has 1 aliphatic heterocycles. The Morgan fingerprint density at radius 1 is 1.09 bits per heavy atom. The van der Waals surface area contributed by atoms with Crippen molar-refractivity contribution in [2.75, 3.05) is 38.7 Å². The lowest BCUT2D eigenvalue weighted by atomic mass is 10.0. The number of nitrogens with zero attached hydrogens (tertiary/aromatic N) is 5. The summed E-state index contributed by atoms with van der Waals surface area (Å²) in [6, 6.07) is 18.3. The molecule has 176 valence electrons. The molecule has 0 radical (unpaired) electrons. The summed E-state index contributed by atoms with van der Waals surface area (Å²) in [5.74, 6) is 1.52. The monoisotopic (exact) mass is 458 g/mol. The first-order valence-corrected chi connectivity index (χ1v) is 11.6. The van der Waals surface area contributed by atoms with Crippen LogP contribution in [0.2, 0.25) is 0 Å². The largest absolute Gasteiger partial charge is 0.483 e. The summed E-state index contributed by atoms with van der Waals surface area (Å²) in [6.45, 7) is 6.31. The third kappa shape index (κ3) is 4.22. The first kappa shape index (κ1) is 22.3. The van der Waals surface area contributed by atoms with Gasteiger partial charge in [-0.1, -0.05) is 36.4 Å². The molecule has 5 rings (SSSR count). The zero-order chi connectivity index (χ0) is 23.7. The number of benzene rings is 2. The van der Waals surface area contributed by atoms with E-state index in [9.17, 15) is 0 Å². The topological polar surface area (TPSA) is 77.3 Å². The average molecular weight is 459 g/mol. The van der Waals surface area contributed by atoms with Crippen LogP contribution < -0.4 is 15.0 Å². The van der Waals surface area contributed by atoms with Gasteiger partial charge in [-0.05, 0) is 31.5 Å². The molecular weight excluding hydrogens is 428 g/mol. The second-order valence-electron chi connectivity index (χ2n) is 8.78. The Kier molecular flexibility index (Phi) is 6.17. The molecule has 0 amide bonds. The van der Waals surface area contributed by atoms with Crippen LogP contribution in [0.15, 0.2) is 54.6 Å². The van der Waals surface area contributed by atoms with Crippen LogP contribution in [0, 0.1) is 13.8 Å². The van der Waals surface area contributed by atoms with Crippen molar-refractivity contribution in [1.82, 2.24) is 25.3 Å². The zero-order valence-electron chi connectivity index (χ0n) is 20.0. The van der Waals surface area contributed by atoms with Crippen LogP contribution in [0.5, 0.6) is 5.75 Å². The molecule has 1 N–H and O–H groups in total. The molecule has 1 fully saturated rings. The summed E-state index contributed by atoms with van der Waals surface area (Å²) >= 11 is 0. The third-order valence-electron chi connectivity index (χ3n) is 6.16. The summed E-state index contributed by atoms with van der Waals surface area (Å²) in [4.78, 5) is 1.94. The van der Waals surface area contributed by atoms with E-state index in [0.717, 1.165) is 58.2 Å². The second-order valence-corrected chi connectivity index (χ2v) is 8.78. The van der Waals surface area contributed by atoms with Gasteiger partial charge in [0.25, 0.3) is 0 Å². The Morgan fingerprint density at radius 2 is 1.91 bits per heavy atom.